The molecule has 0 aliphatic heterocycles. The molecule has 3 rings (SSSR count). The van der Waals surface area contributed by atoms with Crippen LogP contribution >= 0.6 is 0 Å². The number of nitrogens with two attached hydrogens (primary N) is 1. The number of anilines is 2. The van der Waals surface area contributed by atoms with Crippen molar-refractivity contribution in [1.29, 1.82) is 0 Å². The maximum Gasteiger partial charge on any atom is 0.277 e. The highest BCUT2D eigenvalue weighted by atomic mass is 16.2. The van der Waals surface area contributed by atoms with Crippen molar-refractivity contribution in [2.24, 2.45) is 0 Å². The Morgan fingerprint density at radius 1 is 1.13 bits per heavy atom. The first kappa shape index (κ1) is 14.5. The molecular formula is C16H13N5O2. The molecular weight excluding hydrogens is 294 g/mol. The van der Waals surface area contributed by atoms with E-state index in [1.165, 1.54) is 6.07 Å². The highest BCUT2D eigenvalue weighted by Crippen LogP contribution is 2.18. The van der Waals surface area contributed by atoms with Crippen LogP contribution in [0.2, 0.25) is 0 Å². The van der Waals surface area contributed by atoms with Crippen molar-refractivity contribution in [3.63, 3.8) is 0 Å². The molecule has 0 radical (unpaired) electrons. The van der Waals surface area contributed by atoms with E-state index in [0.29, 0.717) is 17.1 Å². The molecule has 1 amide bonds. The van der Waals surface area contributed by atoms with Gasteiger partial charge in [-0.1, -0.05) is 12.1 Å². The standard InChI is InChI=1S/C16H13N5O2/c17-12-3-1-2-4-13(12)19-15(22)11-9-14(20-21-16(11)23)10-5-7-18-8-6-10/h1-9H,17H2,(H,19,22)(H,21,23). The van der Waals surface area contributed by atoms with Crippen molar-refractivity contribution in [3.05, 3.63) is 70.8 Å². The number of rotatable bonds is 3. The first-order valence-electron chi connectivity index (χ1n) is 6.81. The molecule has 2 aromatic heterocycles. The van der Waals surface area contributed by atoms with E-state index in [1.54, 1.807) is 48.8 Å². The molecule has 23 heavy (non-hydrogen) atoms. The predicted molar refractivity (Wildman–Crippen MR) is 86.9 cm³/mol. The molecule has 114 valence electrons. The van der Waals surface area contributed by atoms with Crippen molar-refractivity contribution in [3.8, 4) is 11.3 Å². The monoisotopic (exact) mass is 307 g/mol. The lowest BCUT2D eigenvalue weighted by Gasteiger charge is -2.08. The zero-order valence-electron chi connectivity index (χ0n) is 12.0. The second-order valence-corrected chi connectivity index (χ2v) is 4.77. The summed E-state index contributed by atoms with van der Waals surface area (Å²) >= 11 is 0. The quantitative estimate of drug-likeness (QED) is 0.637. The number of nitrogens with zero attached hydrogens (tertiary/aromatic N) is 2. The summed E-state index contributed by atoms with van der Waals surface area (Å²) in [4.78, 5) is 28.2. The fraction of sp³-hybridized carbons (Fsp3) is 0. The van der Waals surface area contributed by atoms with Gasteiger partial charge in [-0.25, -0.2) is 5.10 Å². The van der Waals surface area contributed by atoms with Crippen molar-refractivity contribution >= 4 is 17.3 Å². The smallest absolute Gasteiger partial charge is 0.277 e. The minimum atomic E-state index is -0.574. The summed E-state index contributed by atoms with van der Waals surface area (Å²) in [7, 11) is 0. The predicted octanol–water partition coefficient (Wildman–Crippen LogP) is 1.67. The molecule has 1 aromatic carbocycles. The van der Waals surface area contributed by atoms with Crippen molar-refractivity contribution in [2.75, 3.05) is 11.1 Å². The third-order valence-corrected chi connectivity index (χ3v) is 3.23. The number of hydrogen-bond donors (Lipinski definition) is 3. The Hall–Kier alpha value is -3.48. The summed E-state index contributed by atoms with van der Waals surface area (Å²) in [6.07, 6.45) is 3.21. The van der Waals surface area contributed by atoms with Gasteiger partial charge in [0.2, 0.25) is 0 Å². The van der Waals surface area contributed by atoms with Gasteiger partial charge in [0.25, 0.3) is 11.5 Å². The van der Waals surface area contributed by atoms with Crippen LogP contribution in [0.1, 0.15) is 10.4 Å². The SMILES string of the molecule is Nc1ccccc1NC(=O)c1cc(-c2ccncc2)n[nH]c1=O. The Morgan fingerprint density at radius 2 is 1.87 bits per heavy atom. The van der Waals surface area contributed by atoms with Crippen LogP contribution in [-0.2, 0) is 0 Å². The maximum atomic E-state index is 12.3. The largest absolute Gasteiger partial charge is 0.397 e. The lowest BCUT2D eigenvalue weighted by atomic mass is 10.1. The van der Waals surface area contributed by atoms with Gasteiger partial charge in [-0.3, -0.25) is 14.6 Å². The molecule has 0 fully saturated rings. The van der Waals surface area contributed by atoms with Gasteiger partial charge >= 0.3 is 0 Å². The first-order chi connectivity index (χ1) is 11.1. The summed E-state index contributed by atoms with van der Waals surface area (Å²) in [5, 5.41) is 8.90. The van der Waals surface area contributed by atoms with Crippen LogP contribution < -0.4 is 16.6 Å². The number of nitrogen functional groups attached to an aromatic ring is 1. The lowest BCUT2D eigenvalue weighted by Crippen LogP contribution is -2.24. The molecule has 0 bridgehead atoms. The van der Waals surface area contributed by atoms with Gasteiger partial charge in [0.1, 0.15) is 5.56 Å². The van der Waals surface area contributed by atoms with Gasteiger partial charge in [0.05, 0.1) is 17.1 Å². The van der Waals surface area contributed by atoms with Crippen LogP contribution in [0.15, 0.2) is 59.7 Å². The summed E-state index contributed by atoms with van der Waals surface area (Å²) in [5.74, 6) is -0.554. The highest BCUT2D eigenvalue weighted by molar-refractivity contribution is 6.05. The van der Waals surface area contributed by atoms with Crippen LogP contribution in [-0.4, -0.2) is 21.1 Å². The summed E-state index contributed by atoms with van der Waals surface area (Å²) in [5.41, 5.74) is 7.24. The van der Waals surface area contributed by atoms with Gasteiger partial charge in [-0.15, -0.1) is 0 Å². The van der Waals surface area contributed by atoms with Crippen molar-refractivity contribution < 1.29 is 4.79 Å². The summed E-state index contributed by atoms with van der Waals surface area (Å²) in [6.45, 7) is 0. The molecule has 7 heteroatoms. The first-order valence-corrected chi connectivity index (χ1v) is 6.81. The minimum absolute atomic E-state index is 0.0462. The van der Waals surface area contributed by atoms with Crippen LogP contribution in [0.25, 0.3) is 11.3 Å². The lowest BCUT2D eigenvalue weighted by molar-refractivity contribution is 0.102. The second kappa shape index (κ2) is 6.10. The number of para-hydroxylation sites is 2. The van der Waals surface area contributed by atoms with E-state index >= 15 is 0 Å². The molecule has 0 spiro atoms. The Kier molecular flexibility index (Phi) is 3.84. The number of aromatic nitrogens is 3. The zero-order chi connectivity index (χ0) is 16.2. The molecule has 0 saturated heterocycles. The number of carbonyl (C=O) groups is 1. The minimum Gasteiger partial charge on any atom is -0.397 e. The average molecular weight is 307 g/mol. The number of amides is 1. The van der Waals surface area contributed by atoms with E-state index < -0.39 is 11.5 Å². The molecule has 0 aliphatic carbocycles. The van der Waals surface area contributed by atoms with E-state index in [0.717, 1.165) is 5.56 Å². The topological polar surface area (TPSA) is 114 Å². The number of carbonyl (C=O) groups excluding carboxylic acids is 1. The zero-order valence-corrected chi connectivity index (χ0v) is 12.0. The number of hydrogen-bond acceptors (Lipinski definition) is 5. The highest BCUT2D eigenvalue weighted by Gasteiger charge is 2.14. The molecule has 0 aliphatic rings. The van der Waals surface area contributed by atoms with E-state index in [1.807, 2.05) is 0 Å². The second-order valence-electron chi connectivity index (χ2n) is 4.77. The van der Waals surface area contributed by atoms with E-state index in [9.17, 15) is 9.59 Å². The van der Waals surface area contributed by atoms with Crippen molar-refractivity contribution in [1.82, 2.24) is 15.2 Å². The van der Waals surface area contributed by atoms with Gasteiger partial charge in [0.15, 0.2) is 0 Å². The third kappa shape index (κ3) is 3.08. The van der Waals surface area contributed by atoms with Gasteiger partial charge in [-0.05, 0) is 30.3 Å². The van der Waals surface area contributed by atoms with Gasteiger partial charge < -0.3 is 11.1 Å². The summed E-state index contributed by atoms with van der Waals surface area (Å²) < 4.78 is 0. The van der Waals surface area contributed by atoms with Crippen LogP contribution in [0.5, 0.6) is 0 Å². The van der Waals surface area contributed by atoms with Crippen LogP contribution in [0.3, 0.4) is 0 Å². The molecule has 2 heterocycles. The molecule has 7 nitrogen and oxygen atoms in total. The number of pyridine rings is 1. The molecule has 0 saturated carbocycles. The van der Waals surface area contributed by atoms with Crippen molar-refractivity contribution in [2.45, 2.75) is 0 Å². The molecule has 3 aromatic rings. The Bertz CT molecular complexity index is 906. The van der Waals surface area contributed by atoms with E-state index in [-0.39, 0.29) is 5.56 Å². The number of nitrogens with one attached hydrogen (secondary N) is 2. The van der Waals surface area contributed by atoms with Gasteiger partial charge in [0, 0.05) is 18.0 Å². The average Bonchev–Trinajstić information content (AvgIpc) is 2.58. The van der Waals surface area contributed by atoms with E-state index in [4.69, 9.17) is 5.73 Å². The van der Waals surface area contributed by atoms with Gasteiger partial charge in [-0.2, -0.15) is 5.10 Å². The maximum absolute atomic E-state index is 12.3. The number of benzene rings is 1. The van der Waals surface area contributed by atoms with Crippen LogP contribution in [0.4, 0.5) is 11.4 Å². The third-order valence-electron chi connectivity index (χ3n) is 3.23. The fourth-order valence-corrected chi connectivity index (χ4v) is 2.05. The molecule has 0 atom stereocenters. The van der Waals surface area contributed by atoms with E-state index in [2.05, 4.69) is 20.5 Å². The Morgan fingerprint density at radius 3 is 2.61 bits per heavy atom. The fourth-order valence-electron chi connectivity index (χ4n) is 2.05. The summed E-state index contributed by atoms with van der Waals surface area (Å²) in [6, 6.07) is 11.7. The number of H-pyrrole nitrogens is 1. The normalized spacial score (nSPS) is 10.3. The van der Waals surface area contributed by atoms with Crippen LogP contribution in [0, 0.1) is 0 Å². The number of aromatic amines is 1. The molecule has 4 N–H and O–H groups in total. The Balaban J connectivity index is 1.95. The Labute approximate surface area is 131 Å². The molecule has 0 unspecified atom stereocenters.